The van der Waals surface area contributed by atoms with E-state index in [4.69, 9.17) is 9.15 Å². The van der Waals surface area contributed by atoms with Gasteiger partial charge in [0.25, 0.3) is 0 Å². The molecule has 4 rings (SSSR count). The molecule has 1 aliphatic rings. The van der Waals surface area contributed by atoms with Gasteiger partial charge < -0.3 is 14.1 Å². The van der Waals surface area contributed by atoms with E-state index in [-0.39, 0.29) is 23.9 Å². The molecule has 168 valence electrons. The Morgan fingerprint density at radius 2 is 1.81 bits per heavy atom. The van der Waals surface area contributed by atoms with E-state index in [2.05, 4.69) is 6.07 Å². The molecule has 2 heterocycles. The highest BCUT2D eigenvalue weighted by atomic mass is 32.2. The van der Waals surface area contributed by atoms with Crippen LogP contribution in [0.2, 0.25) is 0 Å². The number of amides is 1. The van der Waals surface area contributed by atoms with Gasteiger partial charge >= 0.3 is 0 Å². The van der Waals surface area contributed by atoms with E-state index in [0.29, 0.717) is 31.2 Å². The first-order chi connectivity index (χ1) is 15.5. The lowest BCUT2D eigenvalue weighted by Crippen LogP contribution is -2.44. The molecule has 3 aromatic rings. The molecule has 0 saturated heterocycles. The van der Waals surface area contributed by atoms with Crippen LogP contribution in [0.1, 0.15) is 23.8 Å². The minimum atomic E-state index is -3.93. The van der Waals surface area contributed by atoms with Crippen molar-refractivity contribution >= 4 is 15.9 Å². The maximum absolute atomic E-state index is 13.4. The fraction of sp³-hybridized carbons (Fsp3) is 0.292. The Morgan fingerprint density at radius 3 is 2.50 bits per heavy atom. The fourth-order valence-corrected chi connectivity index (χ4v) is 5.14. The van der Waals surface area contributed by atoms with E-state index in [1.54, 1.807) is 29.2 Å². The van der Waals surface area contributed by atoms with Crippen LogP contribution in [0.15, 0.2) is 76.2 Å². The minimum absolute atomic E-state index is 0.0291. The quantitative estimate of drug-likeness (QED) is 0.521. The number of hydrogen-bond acceptors (Lipinski definition) is 5. The van der Waals surface area contributed by atoms with Crippen molar-refractivity contribution < 1.29 is 22.4 Å². The number of ether oxygens (including phenoxy) is 1. The van der Waals surface area contributed by atoms with E-state index in [9.17, 15) is 13.2 Å². The Hall–Kier alpha value is -3.10. The Balaban J connectivity index is 1.56. The molecule has 0 saturated carbocycles. The summed E-state index contributed by atoms with van der Waals surface area (Å²) in [6.07, 6.45) is 2.24. The predicted octanol–water partition coefficient (Wildman–Crippen LogP) is 3.45. The zero-order chi connectivity index (χ0) is 22.6. The number of hydrogen-bond donors (Lipinski definition) is 0. The molecule has 0 N–H and O–H groups in total. The second kappa shape index (κ2) is 9.58. The summed E-state index contributed by atoms with van der Waals surface area (Å²) >= 11 is 0. The van der Waals surface area contributed by atoms with Crippen molar-refractivity contribution in [2.75, 3.05) is 19.7 Å². The molecule has 0 bridgehead atoms. The maximum Gasteiger partial charge on any atom is 0.243 e. The molecule has 0 radical (unpaired) electrons. The van der Waals surface area contributed by atoms with Crippen molar-refractivity contribution in [2.24, 2.45) is 0 Å². The molecule has 1 aromatic heterocycles. The molecule has 0 aliphatic carbocycles. The Labute approximate surface area is 188 Å². The summed E-state index contributed by atoms with van der Waals surface area (Å²) in [4.78, 5) is 14.9. The highest BCUT2D eigenvalue weighted by Gasteiger charge is 2.30. The minimum Gasteiger partial charge on any atom is -0.494 e. The zero-order valence-electron chi connectivity index (χ0n) is 17.9. The molecular formula is C24H26N2O5S. The number of nitrogens with zero attached hydrogens (tertiary/aromatic N) is 2. The fourth-order valence-electron chi connectivity index (χ4n) is 3.79. The van der Waals surface area contributed by atoms with Crippen LogP contribution in [0.4, 0.5) is 0 Å². The summed E-state index contributed by atoms with van der Waals surface area (Å²) in [5.74, 6) is 0.823. The van der Waals surface area contributed by atoms with Crippen molar-refractivity contribution in [1.29, 1.82) is 0 Å². The second-order valence-electron chi connectivity index (χ2n) is 7.59. The monoisotopic (exact) mass is 454 g/mol. The molecule has 2 aromatic carbocycles. The Kier molecular flexibility index (Phi) is 6.62. The van der Waals surface area contributed by atoms with Crippen LogP contribution in [0.3, 0.4) is 0 Å². The highest BCUT2D eigenvalue weighted by Crippen LogP contribution is 2.23. The number of carbonyl (C=O) groups excluding carboxylic acids is 1. The standard InChI is InChI=1S/C24H26N2O5S/c1-2-30-21-9-11-23(12-10-21)32(28,29)26(17-22-8-5-15-31-22)18-24(27)25-14-13-19-6-3-4-7-20(19)16-25/h3-12,15H,2,13-14,16-18H2,1H3. The summed E-state index contributed by atoms with van der Waals surface area (Å²) in [5.41, 5.74) is 2.32. The second-order valence-corrected chi connectivity index (χ2v) is 9.53. The number of fused-ring (bicyclic) bond motifs is 1. The van der Waals surface area contributed by atoms with E-state index < -0.39 is 10.0 Å². The van der Waals surface area contributed by atoms with E-state index in [1.807, 2.05) is 25.1 Å². The smallest absolute Gasteiger partial charge is 0.243 e. The van der Waals surface area contributed by atoms with Gasteiger partial charge in [-0.05, 0) is 60.9 Å². The molecule has 0 unspecified atom stereocenters. The molecule has 1 aliphatic heterocycles. The van der Waals surface area contributed by atoms with Crippen LogP contribution < -0.4 is 4.74 Å². The van der Waals surface area contributed by atoms with Gasteiger partial charge in [-0.3, -0.25) is 4.79 Å². The summed E-state index contributed by atoms with van der Waals surface area (Å²) in [6.45, 7) is 3.10. The van der Waals surface area contributed by atoms with Crippen LogP contribution in [0.25, 0.3) is 0 Å². The third-order valence-corrected chi connectivity index (χ3v) is 7.29. The van der Waals surface area contributed by atoms with Crippen molar-refractivity contribution in [3.63, 3.8) is 0 Å². The van der Waals surface area contributed by atoms with Gasteiger partial charge in [0.05, 0.1) is 30.9 Å². The summed E-state index contributed by atoms with van der Waals surface area (Å²) < 4.78 is 38.8. The predicted molar refractivity (Wildman–Crippen MR) is 119 cm³/mol. The third kappa shape index (κ3) is 4.87. The van der Waals surface area contributed by atoms with Crippen LogP contribution >= 0.6 is 0 Å². The van der Waals surface area contributed by atoms with Crippen molar-refractivity contribution in [1.82, 2.24) is 9.21 Å². The first kappa shape index (κ1) is 22.1. The molecule has 1 amide bonds. The Morgan fingerprint density at radius 1 is 1.06 bits per heavy atom. The van der Waals surface area contributed by atoms with Crippen LogP contribution in [0.5, 0.6) is 5.75 Å². The normalized spacial score (nSPS) is 13.8. The van der Waals surface area contributed by atoms with Gasteiger partial charge in [0.15, 0.2) is 0 Å². The number of sulfonamides is 1. The van der Waals surface area contributed by atoms with Gasteiger partial charge in [0.2, 0.25) is 15.9 Å². The summed E-state index contributed by atoms with van der Waals surface area (Å²) in [6, 6.07) is 17.6. The average molecular weight is 455 g/mol. The van der Waals surface area contributed by atoms with Gasteiger partial charge in [-0.15, -0.1) is 0 Å². The molecular weight excluding hydrogens is 428 g/mol. The van der Waals surface area contributed by atoms with Crippen LogP contribution in [-0.4, -0.2) is 43.2 Å². The Bertz CT molecular complexity index is 1160. The molecule has 8 heteroatoms. The van der Waals surface area contributed by atoms with Gasteiger partial charge in [0.1, 0.15) is 11.5 Å². The maximum atomic E-state index is 13.4. The number of furan rings is 1. The molecule has 0 spiro atoms. The van der Waals surface area contributed by atoms with Crippen LogP contribution in [0, 0.1) is 0 Å². The van der Waals surface area contributed by atoms with E-state index in [0.717, 1.165) is 12.0 Å². The molecule has 0 fully saturated rings. The van der Waals surface area contributed by atoms with Crippen molar-refractivity contribution in [2.45, 2.75) is 31.3 Å². The number of carbonyl (C=O) groups is 1. The third-order valence-electron chi connectivity index (χ3n) is 5.48. The molecule has 32 heavy (non-hydrogen) atoms. The first-order valence-corrected chi connectivity index (χ1v) is 12.0. The lowest BCUT2D eigenvalue weighted by atomic mass is 10.00. The average Bonchev–Trinajstić information content (AvgIpc) is 3.32. The van der Waals surface area contributed by atoms with Crippen molar-refractivity contribution in [3.8, 4) is 5.75 Å². The number of benzene rings is 2. The highest BCUT2D eigenvalue weighted by molar-refractivity contribution is 7.89. The van der Waals surface area contributed by atoms with Crippen molar-refractivity contribution in [3.05, 3.63) is 83.8 Å². The lowest BCUT2D eigenvalue weighted by Gasteiger charge is -2.31. The summed E-state index contributed by atoms with van der Waals surface area (Å²) in [7, 11) is -3.93. The van der Waals surface area contributed by atoms with Gasteiger partial charge in [-0.2, -0.15) is 4.31 Å². The molecule has 0 atom stereocenters. The number of rotatable bonds is 8. The lowest BCUT2D eigenvalue weighted by molar-refractivity contribution is -0.132. The largest absolute Gasteiger partial charge is 0.494 e. The van der Waals surface area contributed by atoms with Crippen LogP contribution in [-0.2, 0) is 34.3 Å². The van der Waals surface area contributed by atoms with Gasteiger partial charge in [0, 0.05) is 13.1 Å². The zero-order valence-corrected chi connectivity index (χ0v) is 18.8. The topological polar surface area (TPSA) is 80.1 Å². The van der Waals surface area contributed by atoms with E-state index in [1.165, 1.54) is 28.3 Å². The van der Waals surface area contributed by atoms with E-state index >= 15 is 0 Å². The molecule has 7 nitrogen and oxygen atoms in total. The summed E-state index contributed by atoms with van der Waals surface area (Å²) in [5, 5.41) is 0. The van der Waals surface area contributed by atoms with Gasteiger partial charge in [-0.1, -0.05) is 24.3 Å². The first-order valence-electron chi connectivity index (χ1n) is 10.6. The van der Waals surface area contributed by atoms with Gasteiger partial charge in [-0.25, -0.2) is 8.42 Å². The SMILES string of the molecule is CCOc1ccc(S(=O)(=O)N(CC(=O)N2CCc3ccccc3C2)Cc2ccco2)cc1.